The van der Waals surface area contributed by atoms with Gasteiger partial charge in [0.05, 0.1) is 18.2 Å². The van der Waals surface area contributed by atoms with Gasteiger partial charge in [-0.1, -0.05) is 23.7 Å². The van der Waals surface area contributed by atoms with E-state index in [4.69, 9.17) is 16.3 Å². The van der Waals surface area contributed by atoms with Crippen LogP contribution in [-0.2, 0) is 28.7 Å². The molecule has 1 N–H and O–H groups in total. The maximum absolute atomic E-state index is 13.1. The highest BCUT2D eigenvalue weighted by atomic mass is 35.5. The minimum atomic E-state index is -4.32. The maximum atomic E-state index is 13.1. The number of piperazine rings is 1. The van der Waals surface area contributed by atoms with Gasteiger partial charge in [-0.15, -0.1) is 0 Å². The SMILES string of the molecule is COCCN(C)Cc1cc(C(F)(F)F)ccc1N1CCN(C)CC1.Cc1ccc(CC(C=O)N2CCNC2=O)c(Cl)c1. The molecule has 232 valence electrons. The van der Waals surface area contributed by atoms with Crippen molar-refractivity contribution in [1.29, 1.82) is 0 Å². The summed E-state index contributed by atoms with van der Waals surface area (Å²) in [6.07, 6.45) is -3.06. The number of hydrogen-bond donors (Lipinski definition) is 1. The number of carbonyl (C=O) groups is 2. The van der Waals surface area contributed by atoms with Gasteiger partial charge in [-0.2, -0.15) is 13.2 Å². The molecule has 0 aromatic heterocycles. The second kappa shape index (κ2) is 15.6. The fourth-order valence-corrected chi connectivity index (χ4v) is 5.25. The van der Waals surface area contributed by atoms with Crippen LogP contribution in [0.25, 0.3) is 0 Å². The van der Waals surface area contributed by atoms with Crippen LogP contribution in [0.15, 0.2) is 36.4 Å². The zero-order valence-electron chi connectivity index (χ0n) is 24.7. The van der Waals surface area contributed by atoms with Crippen LogP contribution in [0, 0.1) is 6.92 Å². The number of urea groups is 1. The van der Waals surface area contributed by atoms with Gasteiger partial charge in [0.1, 0.15) is 6.29 Å². The van der Waals surface area contributed by atoms with Crippen molar-refractivity contribution >= 4 is 29.6 Å². The number of amides is 2. The molecule has 12 heteroatoms. The number of methoxy groups -OCH3 is 1. The van der Waals surface area contributed by atoms with Gasteiger partial charge in [-0.3, -0.25) is 4.90 Å². The number of ether oxygens (including phenoxy) is 1. The number of anilines is 1. The van der Waals surface area contributed by atoms with Crippen molar-refractivity contribution in [3.05, 3.63) is 63.7 Å². The summed E-state index contributed by atoms with van der Waals surface area (Å²) in [6, 6.07) is 9.18. The molecule has 2 heterocycles. The first kappa shape index (κ1) is 33.6. The Morgan fingerprint density at radius 3 is 2.38 bits per heavy atom. The van der Waals surface area contributed by atoms with E-state index in [1.807, 2.05) is 37.1 Å². The van der Waals surface area contributed by atoms with Gasteiger partial charge in [0.2, 0.25) is 0 Å². The Hall–Kier alpha value is -2.86. The monoisotopic (exact) mass is 611 g/mol. The third-order valence-corrected chi connectivity index (χ3v) is 7.80. The summed E-state index contributed by atoms with van der Waals surface area (Å²) in [4.78, 5) is 30.6. The number of nitrogens with one attached hydrogen (secondary N) is 1. The minimum Gasteiger partial charge on any atom is -0.383 e. The van der Waals surface area contributed by atoms with E-state index < -0.39 is 17.8 Å². The van der Waals surface area contributed by atoms with Crippen molar-refractivity contribution in [2.45, 2.75) is 32.1 Å². The molecule has 2 fully saturated rings. The normalized spacial score (nSPS) is 16.7. The maximum Gasteiger partial charge on any atom is 0.416 e. The van der Waals surface area contributed by atoms with Crippen LogP contribution in [0.5, 0.6) is 0 Å². The summed E-state index contributed by atoms with van der Waals surface area (Å²) in [5.41, 5.74) is 2.99. The van der Waals surface area contributed by atoms with Crippen LogP contribution in [0.3, 0.4) is 0 Å². The van der Waals surface area contributed by atoms with Crippen LogP contribution in [0.1, 0.15) is 22.3 Å². The number of carbonyl (C=O) groups excluding carboxylic acids is 2. The number of halogens is 4. The second-order valence-corrected chi connectivity index (χ2v) is 11.2. The average Bonchev–Trinajstić information content (AvgIpc) is 3.37. The zero-order chi connectivity index (χ0) is 30.9. The topological polar surface area (TPSA) is 68.4 Å². The first-order chi connectivity index (χ1) is 19.9. The number of benzene rings is 2. The van der Waals surface area contributed by atoms with E-state index >= 15 is 0 Å². The quantitative estimate of drug-likeness (QED) is 0.404. The Kier molecular flexibility index (Phi) is 12.5. The van der Waals surface area contributed by atoms with E-state index in [9.17, 15) is 22.8 Å². The number of hydrogen-bond acceptors (Lipinski definition) is 6. The van der Waals surface area contributed by atoms with Crippen molar-refractivity contribution in [1.82, 2.24) is 20.0 Å². The van der Waals surface area contributed by atoms with Crippen LogP contribution in [0.4, 0.5) is 23.7 Å². The summed E-state index contributed by atoms with van der Waals surface area (Å²) < 4.78 is 44.3. The molecular weight excluding hydrogens is 571 g/mol. The molecule has 1 unspecified atom stereocenters. The number of aryl methyl sites for hydroxylation is 1. The van der Waals surface area contributed by atoms with Crippen LogP contribution >= 0.6 is 11.6 Å². The van der Waals surface area contributed by atoms with Crippen molar-refractivity contribution in [2.75, 3.05) is 78.5 Å². The van der Waals surface area contributed by atoms with Gasteiger partial charge < -0.3 is 29.5 Å². The highest BCUT2D eigenvalue weighted by Gasteiger charge is 2.32. The molecular formula is C30H41ClF3N5O3. The molecule has 2 aliphatic rings. The molecule has 2 amide bonds. The fraction of sp³-hybridized carbons (Fsp3) is 0.533. The molecule has 0 bridgehead atoms. The Morgan fingerprint density at radius 2 is 1.81 bits per heavy atom. The third kappa shape index (κ3) is 9.58. The molecule has 8 nitrogen and oxygen atoms in total. The van der Waals surface area contributed by atoms with Crippen molar-refractivity contribution < 1.29 is 27.5 Å². The molecule has 0 aliphatic carbocycles. The molecule has 2 aliphatic heterocycles. The van der Waals surface area contributed by atoms with Crippen LogP contribution in [0.2, 0.25) is 5.02 Å². The highest BCUT2D eigenvalue weighted by Crippen LogP contribution is 2.33. The fourth-order valence-electron chi connectivity index (χ4n) is 4.94. The lowest BCUT2D eigenvalue weighted by atomic mass is 10.0. The third-order valence-electron chi connectivity index (χ3n) is 7.45. The average molecular weight is 612 g/mol. The molecule has 4 rings (SSSR count). The van der Waals surface area contributed by atoms with E-state index in [0.29, 0.717) is 49.8 Å². The molecule has 2 aromatic rings. The van der Waals surface area contributed by atoms with E-state index in [1.165, 1.54) is 12.1 Å². The standard InChI is InChI=1S/C17H26F3N3O.C13H15ClN2O2/c1-21-6-8-23(9-7-21)16-5-4-15(17(18,19)20)12-14(16)13-22(2)10-11-24-3;1-9-2-3-10(12(14)6-9)7-11(8-17)16-5-4-15-13(16)18/h4-5,12H,6-11,13H2,1-3H3;2-3,6,8,11H,4-5,7H2,1H3,(H,15,18). The van der Waals surface area contributed by atoms with Crippen molar-refractivity contribution in [3.8, 4) is 0 Å². The summed E-state index contributed by atoms with van der Waals surface area (Å²) in [5, 5.41) is 3.33. The van der Waals surface area contributed by atoms with Gasteiger partial charge in [0.25, 0.3) is 0 Å². The van der Waals surface area contributed by atoms with Gasteiger partial charge in [0, 0.05) is 76.6 Å². The minimum absolute atomic E-state index is 0.185. The van der Waals surface area contributed by atoms with E-state index in [-0.39, 0.29) is 6.03 Å². The molecule has 1 atom stereocenters. The predicted octanol–water partition coefficient (Wildman–Crippen LogP) is 4.32. The largest absolute Gasteiger partial charge is 0.416 e. The van der Waals surface area contributed by atoms with Crippen LogP contribution < -0.4 is 10.2 Å². The predicted molar refractivity (Wildman–Crippen MR) is 159 cm³/mol. The first-order valence-electron chi connectivity index (χ1n) is 14.0. The Morgan fingerprint density at radius 1 is 1.10 bits per heavy atom. The van der Waals surface area contributed by atoms with Crippen molar-refractivity contribution in [3.63, 3.8) is 0 Å². The van der Waals surface area contributed by atoms with Gasteiger partial charge >= 0.3 is 12.2 Å². The number of aldehydes is 1. The molecule has 0 radical (unpaired) electrons. The number of alkyl halides is 3. The lowest BCUT2D eigenvalue weighted by molar-refractivity contribution is -0.137. The van der Waals surface area contributed by atoms with Crippen LogP contribution in [-0.4, -0.2) is 107 Å². The molecule has 0 saturated carbocycles. The van der Waals surface area contributed by atoms with Gasteiger partial charge in [-0.25, -0.2) is 4.79 Å². The Balaban J connectivity index is 0.000000240. The number of nitrogens with zero attached hydrogens (tertiary/aromatic N) is 4. The van der Waals surface area contributed by atoms with E-state index in [2.05, 4.69) is 22.2 Å². The smallest absolute Gasteiger partial charge is 0.383 e. The second-order valence-electron chi connectivity index (χ2n) is 10.8. The summed E-state index contributed by atoms with van der Waals surface area (Å²) in [7, 11) is 5.57. The highest BCUT2D eigenvalue weighted by molar-refractivity contribution is 6.31. The summed E-state index contributed by atoms with van der Waals surface area (Å²) in [6.45, 7) is 8.30. The molecule has 42 heavy (non-hydrogen) atoms. The first-order valence-corrected chi connectivity index (χ1v) is 14.4. The van der Waals surface area contributed by atoms with E-state index in [1.54, 1.807) is 18.1 Å². The Labute approximate surface area is 251 Å². The lowest BCUT2D eigenvalue weighted by Gasteiger charge is -2.36. The molecule has 0 spiro atoms. The summed E-state index contributed by atoms with van der Waals surface area (Å²) >= 11 is 6.14. The lowest BCUT2D eigenvalue weighted by Crippen LogP contribution is -2.45. The van der Waals surface area contributed by atoms with Gasteiger partial charge in [-0.05, 0) is 62.0 Å². The van der Waals surface area contributed by atoms with E-state index in [0.717, 1.165) is 49.3 Å². The zero-order valence-corrected chi connectivity index (χ0v) is 25.5. The summed E-state index contributed by atoms with van der Waals surface area (Å²) in [5.74, 6) is 0. The number of likely N-dealkylation sites (N-methyl/N-ethyl adjacent to an activating group) is 2. The van der Waals surface area contributed by atoms with Crippen molar-refractivity contribution in [2.24, 2.45) is 0 Å². The Bertz CT molecular complexity index is 1190. The molecule has 2 saturated heterocycles. The molecule has 2 aromatic carbocycles. The van der Waals surface area contributed by atoms with Gasteiger partial charge in [0.15, 0.2) is 0 Å². The number of rotatable bonds is 10.